The quantitative estimate of drug-likeness (QED) is 0.535. The van der Waals surface area contributed by atoms with E-state index in [1.54, 1.807) is 6.92 Å². The lowest BCUT2D eigenvalue weighted by molar-refractivity contribution is -0.133. The minimum atomic E-state index is -1.29. The van der Waals surface area contributed by atoms with E-state index in [2.05, 4.69) is 21.4 Å². The molecule has 1 saturated carbocycles. The lowest BCUT2D eigenvalue weighted by Crippen LogP contribution is -2.49. The number of aromatic nitrogens is 2. The van der Waals surface area contributed by atoms with Gasteiger partial charge in [-0.15, -0.1) is 0 Å². The average Bonchev–Trinajstić information content (AvgIpc) is 3.60. The van der Waals surface area contributed by atoms with E-state index in [9.17, 15) is 4.79 Å². The Morgan fingerprint density at radius 2 is 1.89 bits per heavy atom. The van der Waals surface area contributed by atoms with E-state index in [1.807, 2.05) is 52.1 Å². The molecule has 2 aliphatic heterocycles. The maximum atomic E-state index is 15.3. The van der Waals surface area contributed by atoms with Crippen molar-refractivity contribution in [2.24, 2.45) is 11.8 Å². The number of anilines is 1. The Bertz CT molecular complexity index is 1290. The molecule has 1 aliphatic carbocycles. The maximum Gasteiger partial charge on any atom is 0.226 e. The van der Waals surface area contributed by atoms with Crippen LogP contribution < -0.4 is 10.2 Å². The molecular weight excluding hydrogens is 455 g/mol. The molecule has 7 nitrogen and oxygen atoms in total. The molecule has 188 valence electrons. The largest absolute Gasteiger partial charge is 0.366 e. The number of benzene rings is 1. The predicted molar refractivity (Wildman–Crippen MR) is 139 cm³/mol. The lowest BCUT2D eigenvalue weighted by atomic mass is 9.87. The first kappa shape index (κ1) is 23.2. The van der Waals surface area contributed by atoms with Crippen LogP contribution in [0.5, 0.6) is 0 Å². The molecule has 0 spiro atoms. The first-order valence-corrected chi connectivity index (χ1v) is 13.0. The summed E-state index contributed by atoms with van der Waals surface area (Å²) >= 11 is 0. The summed E-state index contributed by atoms with van der Waals surface area (Å²) in [5.74, 6) is 0.375. The Morgan fingerprint density at radius 1 is 1.11 bits per heavy atom. The fourth-order valence-electron chi connectivity index (χ4n) is 5.85. The van der Waals surface area contributed by atoms with Crippen LogP contribution in [0.4, 0.5) is 10.1 Å². The Morgan fingerprint density at radius 3 is 2.56 bits per heavy atom. The topological polar surface area (TPSA) is 76.7 Å². The van der Waals surface area contributed by atoms with Gasteiger partial charge in [-0.05, 0) is 56.0 Å². The molecule has 4 heterocycles. The number of hydrogen-bond donors (Lipinski definition) is 2. The van der Waals surface area contributed by atoms with E-state index in [0.29, 0.717) is 31.8 Å². The highest BCUT2D eigenvalue weighted by atomic mass is 19.1. The number of hydrogen-bond acceptors (Lipinski definition) is 5. The number of alkyl halides is 1. The highest BCUT2D eigenvalue weighted by Gasteiger charge is 2.46. The molecule has 3 aromatic rings. The van der Waals surface area contributed by atoms with Crippen molar-refractivity contribution in [2.45, 2.75) is 31.9 Å². The number of amides is 1. The molecule has 0 unspecified atom stereocenters. The average molecular weight is 489 g/mol. The molecule has 3 fully saturated rings. The Labute approximate surface area is 210 Å². The molecule has 3 aliphatic rings. The molecule has 2 N–H and O–H groups in total. The van der Waals surface area contributed by atoms with Crippen LogP contribution in [0.25, 0.3) is 16.6 Å². The normalized spacial score (nSPS) is 26.3. The van der Waals surface area contributed by atoms with Gasteiger partial charge in [0.15, 0.2) is 0 Å². The van der Waals surface area contributed by atoms with Gasteiger partial charge in [-0.1, -0.05) is 24.3 Å². The van der Waals surface area contributed by atoms with Crippen molar-refractivity contribution >= 4 is 22.8 Å². The number of nitrogens with one attached hydrogen (secondary N) is 2. The highest BCUT2D eigenvalue weighted by Crippen LogP contribution is 2.41. The minimum Gasteiger partial charge on any atom is -0.366 e. The van der Waals surface area contributed by atoms with Gasteiger partial charge in [0, 0.05) is 68.2 Å². The van der Waals surface area contributed by atoms with E-state index in [-0.39, 0.29) is 17.7 Å². The van der Waals surface area contributed by atoms with Gasteiger partial charge in [0.25, 0.3) is 0 Å². The van der Waals surface area contributed by atoms with E-state index >= 15 is 4.39 Å². The second-order valence-electron chi connectivity index (χ2n) is 10.5. The number of carbonyl (C=O) groups excluding carboxylic acids is 1. The van der Waals surface area contributed by atoms with Crippen LogP contribution in [0.3, 0.4) is 0 Å². The summed E-state index contributed by atoms with van der Waals surface area (Å²) in [5, 5.41) is 15.5. The molecule has 8 heteroatoms. The first-order chi connectivity index (χ1) is 17.4. The van der Waals surface area contributed by atoms with Crippen molar-refractivity contribution in [1.29, 1.82) is 5.41 Å². The number of piperazine rings is 1. The van der Waals surface area contributed by atoms with Crippen LogP contribution in [0.15, 0.2) is 48.8 Å². The number of nitrogens with zero attached hydrogens (tertiary/aromatic N) is 4. The van der Waals surface area contributed by atoms with Crippen molar-refractivity contribution in [3.05, 3.63) is 54.4 Å². The fraction of sp³-hybridized carbons (Fsp3) is 0.464. The summed E-state index contributed by atoms with van der Waals surface area (Å²) in [6.45, 7) is 6.00. The van der Waals surface area contributed by atoms with E-state index in [0.717, 1.165) is 60.4 Å². The SMILES string of the molecule is CC(=N)[C@H]1C[C@@H]1C(=O)N1CCN(c2ccnn3cc(-c4ccc([C@@]5(F)CCCNC5)cc4)cc23)CC1. The molecule has 1 amide bonds. The van der Waals surface area contributed by atoms with E-state index in [4.69, 9.17) is 5.41 Å². The second kappa shape index (κ2) is 9.00. The van der Waals surface area contributed by atoms with Gasteiger partial charge in [-0.25, -0.2) is 8.91 Å². The number of rotatable bonds is 5. The standard InChI is InChI=1S/C28H33FN6O/c1-19(30)23-16-24(23)27(36)34-13-11-33(12-14-34)25-7-10-32-35-17-21(15-26(25)35)20-3-5-22(6-4-20)28(29)8-2-9-31-18-28/h3-7,10,15,17,23-24,30-31H,2,8-9,11-14,16,18H2,1H3/t23-,24+,28-/m1/s1. The van der Waals surface area contributed by atoms with E-state index < -0.39 is 5.67 Å². The monoisotopic (exact) mass is 488 g/mol. The zero-order chi connectivity index (χ0) is 24.9. The third-order valence-electron chi connectivity index (χ3n) is 8.15. The summed E-state index contributed by atoms with van der Waals surface area (Å²) in [4.78, 5) is 17.1. The van der Waals surface area contributed by atoms with Gasteiger partial charge in [-0.3, -0.25) is 4.79 Å². The molecular formula is C28H33FN6O. The smallest absolute Gasteiger partial charge is 0.226 e. The van der Waals surface area contributed by atoms with Crippen LogP contribution in [0, 0.1) is 17.2 Å². The Hall–Kier alpha value is -3.26. The van der Waals surface area contributed by atoms with Gasteiger partial charge in [0.2, 0.25) is 5.91 Å². The number of halogens is 1. The zero-order valence-electron chi connectivity index (χ0n) is 20.7. The van der Waals surface area contributed by atoms with Crippen molar-refractivity contribution in [1.82, 2.24) is 19.8 Å². The van der Waals surface area contributed by atoms with Gasteiger partial charge < -0.3 is 20.5 Å². The summed E-state index contributed by atoms with van der Waals surface area (Å²) in [7, 11) is 0. The third-order valence-corrected chi connectivity index (χ3v) is 8.15. The second-order valence-corrected chi connectivity index (χ2v) is 10.5. The fourth-order valence-corrected chi connectivity index (χ4v) is 5.85. The molecule has 3 atom stereocenters. The van der Waals surface area contributed by atoms with Crippen molar-refractivity contribution in [3.63, 3.8) is 0 Å². The molecule has 0 bridgehead atoms. The van der Waals surface area contributed by atoms with Crippen molar-refractivity contribution in [3.8, 4) is 11.1 Å². The predicted octanol–water partition coefficient (Wildman–Crippen LogP) is 3.87. The van der Waals surface area contributed by atoms with Gasteiger partial charge in [-0.2, -0.15) is 5.10 Å². The summed E-state index contributed by atoms with van der Waals surface area (Å²) < 4.78 is 17.2. The van der Waals surface area contributed by atoms with Crippen LogP contribution in [0.2, 0.25) is 0 Å². The Kier molecular flexibility index (Phi) is 5.79. The van der Waals surface area contributed by atoms with Crippen molar-refractivity contribution in [2.75, 3.05) is 44.2 Å². The molecule has 36 heavy (non-hydrogen) atoms. The minimum absolute atomic E-state index is 0.0166. The summed E-state index contributed by atoms with van der Waals surface area (Å²) in [6, 6.07) is 12.0. The molecule has 1 aromatic carbocycles. The molecule has 2 saturated heterocycles. The highest BCUT2D eigenvalue weighted by molar-refractivity contribution is 5.93. The van der Waals surface area contributed by atoms with Crippen molar-refractivity contribution < 1.29 is 9.18 Å². The van der Waals surface area contributed by atoms with Crippen LogP contribution in [0.1, 0.15) is 31.7 Å². The molecule has 6 rings (SSSR count). The van der Waals surface area contributed by atoms with Gasteiger partial charge >= 0.3 is 0 Å². The van der Waals surface area contributed by atoms with Crippen LogP contribution in [-0.2, 0) is 10.5 Å². The van der Waals surface area contributed by atoms with E-state index in [1.165, 1.54) is 0 Å². The lowest BCUT2D eigenvalue weighted by Gasteiger charge is -2.36. The summed E-state index contributed by atoms with van der Waals surface area (Å²) in [6.07, 6.45) is 6.08. The van der Waals surface area contributed by atoms with Gasteiger partial charge in [0.1, 0.15) is 5.67 Å². The zero-order valence-corrected chi connectivity index (χ0v) is 20.7. The number of carbonyl (C=O) groups is 1. The first-order valence-electron chi connectivity index (χ1n) is 13.0. The maximum absolute atomic E-state index is 15.3. The van der Waals surface area contributed by atoms with Crippen LogP contribution in [-0.4, -0.2) is 65.4 Å². The molecule has 0 radical (unpaired) electrons. The third kappa shape index (κ3) is 4.17. The van der Waals surface area contributed by atoms with Gasteiger partial charge in [0.05, 0.1) is 11.2 Å². The number of fused-ring (bicyclic) bond motifs is 1. The van der Waals surface area contributed by atoms with Crippen LogP contribution >= 0.6 is 0 Å². The number of piperidine rings is 1. The molecule has 2 aromatic heterocycles. The summed E-state index contributed by atoms with van der Waals surface area (Å²) in [5.41, 5.74) is 4.29. The Balaban J connectivity index is 1.17.